The average molecular weight is 477 g/mol. The topological polar surface area (TPSA) is 104 Å². The second kappa shape index (κ2) is 9.00. The standard InChI is InChI=1S/C27H29FN4O3/c1-27(2,26(34)31-24-6-3-15(14-30-24)25(33)32-35)19-11-16-9-18(10-17(16)12-19)21-7-8-29-23-5-4-20(28)13-22(21)23/h3-8,13-14,16-19,35H,9-12H2,1-2H3,(H,32,33)(H,30,31,34)/t16-,17+,18-,19+. The molecule has 0 unspecified atom stereocenters. The third-order valence-corrected chi connectivity index (χ3v) is 8.17. The molecule has 35 heavy (non-hydrogen) atoms. The molecule has 0 spiro atoms. The predicted molar refractivity (Wildman–Crippen MR) is 129 cm³/mol. The van der Waals surface area contributed by atoms with Crippen molar-refractivity contribution in [2.24, 2.45) is 23.2 Å². The van der Waals surface area contributed by atoms with Gasteiger partial charge in [-0.15, -0.1) is 0 Å². The number of aromatic nitrogens is 2. The van der Waals surface area contributed by atoms with Gasteiger partial charge in [0.2, 0.25) is 5.91 Å². The van der Waals surface area contributed by atoms with E-state index in [9.17, 15) is 14.0 Å². The lowest BCUT2D eigenvalue weighted by atomic mass is 9.75. The molecule has 7 nitrogen and oxygen atoms in total. The molecular weight excluding hydrogens is 447 g/mol. The zero-order valence-electron chi connectivity index (χ0n) is 19.8. The van der Waals surface area contributed by atoms with Gasteiger partial charge >= 0.3 is 0 Å². The average Bonchev–Trinajstić information content (AvgIpc) is 3.43. The molecular formula is C27H29FN4O3. The summed E-state index contributed by atoms with van der Waals surface area (Å²) in [6, 6.07) is 9.87. The van der Waals surface area contributed by atoms with Crippen LogP contribution in [0, 0.1) is 29.0 Å². The zero-order chi connectivity index (χ0) is 24.7. The quantitative estimate of drug-likeness (QED) is 0.352. The van der Waals surface area contributed by atoms with Gasteiger partial charge in [-0.1, -0.05) is 13.8 Å². The number of carbonyl (C=O) groups excluding carboxylic acids is 2. The van der Waals surface area contributed by atoms with Crippen LogP contribution in [0.25, 0.3) is 10.9 Å². The molecule has 0 aliphatic heterocycles. The largest absolute Gasteiger partial charge is 0.310 e. The van der Waals surface area contributed by atoms with Crippen molar-refractivity contribution in [3.8, 4) is 0 Å². The van der Waals surface area contributed by atoms with Gasteiger partial charge in [0.05, 0.1) is 11.1 Å². The molecule has 2 saturated carbocycles. The number of pyridine rings is 2. The monoisotopic (exact) mass is 476 g/mol. The lowest BCUT2D eigenvalue weighted by Crippen LogP contribution is -2.37. The number of hydrogen-bond acceptors (Lipinski definition) is 5. The lowest BCUT2D eigenvalue weighted by molar-refractivity contribution is -0.126. The number of anilines is 1. The highest BCUT2D eigenvalue weighted by Crippen LogP contribution is 2.56. The first-order chi connectivity index (χ1) is 16.8. The van der Waals surface area contributed by atoms with Crippen molar-refractivity contribution in [1.82, 2.24) is 15.4 Å². The molecule has 8 heteroatoms. The van der Waals surface area contributed by atoms with Crippen LogP contribution in [0.3, 0.4) is 0 Å². The number of nitrogens with zero attached hydrogens (tertiary/aromatic N) is 2. The fourth-order valence-electron chi connectivity index (χ4n) is 6.08. The Bertz CT molecular complexity index is 1260. The van der Waals surface area contributed by atoms with Crippen LogP contribution in [-0.2, 0) is 4.79 Å². The Morgan fingerprint density at radius 3 is 2.43 bits per heavy atom. The molecule has 2 fully saturated rings. The van der Waals surface area contributed by atoms with E-state index in [-0.39, 0.29) is 23.2 Å². The van der Waals surface area contributed by atoms with E-state index in [1.165, 1.54) is 23.9 Å². The van der Waals surface area contributed by atoms with Crippen molar-refractivity contribution >= 4 is 28.5 Å². The highest BCUT2D eigenvalue weighted by atomic mass is 19.1. The van der Waals surface area contributed by atoms with Gasteiger partial charge in [-0.25, -0.2) is 14.9 Å². The summed E-state index contributed by atoms with van der Waals surface area (Å²) in [5.41, 5.74) is 3.20. The lowest BCUT2D eigenvalue weighted by Gasteiger charge is -2.31. The van der Waals surface area contributed by atoms with E-state index in [2.05, 4.69) is 15.3 Å². The summed E-state index contributed by atoms with van der Waals surface area (Å²) in [4.78, 5) is 33.1. The smallest absolute Gasteiger partial charge is 0.276 e. The second-order valence-electron chi connectivity index (χ2n) is 10.5. The molecule has 3 N–H and O–H groups in total. The second-order valence-corrected chi connectivity index (χ2v) is 10.5. The fourth-order valence-corrected chi connectivity index (χ4v) is 6.08. The van der Waals surface area contributed by atoms with Crippen LogP contribution in [0.5, 0.6) is 0 Å². The molecule has 4 atom stereocenters. The van der Waals surface area contributed by atoms with Crippen LogP contribution in [0.2, 0.25) is 0 Å². The summed E-state index contributed by atoms with van der Waals surface area (Å²) < 4.78 is 13.9. The molecule has 2 aliphatic carbocycles. The van der Waals surface area contributed by atoms with E-state index in [1.807, 2.05) is 26.1 Å². The first-order valence-electron chi connectivity index (χ1n) is 12.0. The summed E-state index contributed by atoms with van der Waals surface area (Å²) >= 11 is 0. The molecule has 182 valence electrons. The third-order valence-electron chi connectivity index (χ3n) is 8.17. The zero-order valence-corrected chi connectivity index (χ0v) is 19.8. The maximum Gasteiger partial charge on any atom is 0.276 e. The number of hydrogen-bond donors (Lipinski definition) is 3. The summed E-state index contributed by atoms with van der Waals surface area (Å²) in [5, 5.41) is 12.5. The van der Waals surface area contributed by atoms with Gasteiger partial charge < -0.3 is 5.32 Å². The molecule has 5 rings (SSSR count). The molecule has 2 amide bonds. The third kappa shape index (κ3) is 4.38. The van der Waals surface area contributed by atoms with E-state index < -0.39 is 11.3 Å². The SMILES string of the molecule is CC(C)(C(=O)Nc1ccc(C(=O)NO)cn1)[C@H]1C[C@H]2C[C@@H](c3ccnc4ccc(F)cc34)C[C@H]2C1. The van der Waals surface area contributed by atoms with E-state index >= 15 is 0 Å². The number of nitrogens with one attached hydrogen (secondary N) is 2. The van der Waals surface area contributed by atoms with Gasteiger partial charge in [-0.3, -0.25) is 19.8 Å². The predicted octanol–water partition coefficient (Wildman–Crippen LogP) is 5.07. The van der Waals surface area contributed by atoms with Gasteiger partial charge in [-0.05, 0) is 91.3 Å². The maximum absolute atomic E-state index is 13.9. The van der Waals surface area contributed by atoms with Crippen molar-refractivity contribution in [2.75, 3.05) is 5.32 Å². The van der Waals surface area contributed by atoms with Gasteiger partial charge in [0.15, 0.2) is 0 Å². The Hall–Kier alpha value is -3.39. The number of halogens is 1. The Kier molecular flexibility index (Phi) is 6.01. The van der Waals surface area contributed by atoms with Crippen molar-refractivity contribution in [2.45, 2.75) is 45.4 Å². The number of carbonyl (C=O) groups is 2. The number of hydroxylamine groups is 1. The summed E-state index contributed by atoms with van der Waals surface area (Å²) in [5.74, 6) is 1.11. The first kappa shape index (κ1) is 23.4. The molecule has 1 aromatic carbocycles. The minimum Gasteiger partial charge on any atom is -0.310 e. The van der Waals surface area contributed by atoms with Gasteiger partial charge in [-0.2, -0.15) is 0 Å². The normalized spacial score (nSPS) is 23.8. The molecule has 0 radical (unpaired) electrons. The van der Waals surface area contributed by atoms with E-state index in [1.54, 1.807) is 23.7 Å². The number of benzene rings is 1. The van der Waals surface area contributed by atoms with Crippen LogP contribution >= 0.6 is 0 Å². The maximum atomic E-state index is 13.9. The van der Waals surface area contributed by atoms with Crippen molar-refractivity contribution < 1.29 is 19.2 Å². The van der Waals surface area contributed by atoms with Gasteiger partial charge in [0, 0.05) is 23.2 Å². The van der Waals surface area contributed by atoms with E-state index in [4.69, 9.17) is 5.21 Å². The molecule has 2 aliphatic rings. The van der Waals surface area contributed by atoms with Crippen LogP contribution in [0.15, 0.2) is 48.8 Å². The first-order valence-corrected chi connectivity index (χ1v) is 12.0. The molecule has 0 saturated heterocycles. The summed E-state index contributed by atoms with van der Waals surface area (Å²) in [6.07, 6.45) is 7.19. The van der Waals surface area contributed by atoms with Crippen molar-refractivity contribution in [3.05, 3.63) is 65.7 Å². The van der Waals surface area contributed by atoms with E-state index in [0.29, 0.717) is 23.6 Å². The summed E-state index contributed by atoms with van der Waals surface area (Å²) in [7, 11) is 0. The Morgan fingerprint density at radius 2 is 1.77 bits per heavy atom. The minimum atomic E-state index is -0.656. The van der Waals surface area contributed by atoms with Crippen LogP contribution < -0.4 is 10.8 Å². The molecule has 2 aromatic heterocycles. The highest BCUT2D eigenvalue weighted by molar-refractivity contribution is 5.96. The van der Waals surface area contributed by atoms with Crippen LogP contribution in [0.1, 0.15) is 61.4 Å². The minimum absolute atomic E-state index is 0.0958. The highest BCUT2D eigenvalue weighted by Gasteiger charge is 2.49. The van der Waals surface area contributed by atoms with Gasteiger partial charge in [0.1, 0.15) is 11.6 Å². The van der Waals surface area contributed by atoms with E-state index in [0.717, 1.165) is 36.6 Å². The van der Waals surface area contributed by atoms with Gasteiger partial charge in [0.25, 0.3) is 5.91 Å². The molecule has 2 heterocycles. The molecule has 0 bridgehead atoms. The molecule has 3 aromatic rings. The number of fused-ring (bicyclic) bond motifs is 2. The summed E-state index contributed by atoms with van der Waals surface area (Å²) in [6.45, 7) is 3.97. The Morgan fingerprint density at radius 1 is 1.03 bits per heavy atom. The fraction of sp³-hybridized carbons (Fsp3) is 0.407. The number of amides is 2. The Balaban J connectivity index is 1.24. The Labute approximate surface area is 203 Å². The van der Waals surface area contributed by atoms with Crippen molar-refractivity contribution in [1.29, 1.82) is 0 Å². The number of rotatable bonds is 5. The van der Waals surface area contributed by atoms with Crippen molar-refractivity contribution in [3.63, 3.8) is 0 Å². The van der Waals surface area contributed by atoms with Crippen LogP contribution in [-0.4, -0.2) is 27.0 Å². The van der Waals surface area contributed by atoms with Crippen LogP contribution in [0.4, 0.5) is 10.2 Å².